The molecule has 0 aliphatic carbocycles. The molecule has 0 atom stereocenters. The van der Waals surface area contributed by atoms with Gasteiger partial charge >= 0.3 is 0 Å². The first-order chi connectivity index (χ1) is 14.5. The van der Waals surface area contributed by atoms with E-state index in [1.165, 1.54) is 12.1 Å². The number of ether oxygens (including phenoxy) is 2. The van der Waals surface area contributed by atoms with Crippen molar-refractivity contribution in [2.24, 2.45) is 0 Å². The van der Waals surface area contributed by atoms with Crippen molar-refractivity contribution < 1.29 is 13.9 Å². The number of fused-ring (bicyclic) bond motifs is 4. The lowest BCUT2D eigenvalue weighted by atomic mass is 10.0. The number of benzene rings is 2. The molecule has 30 heavy (non-hydrogen) atoms. The summed E-state index contributed by atoms with van der Waals surface area (Å²) in [6.07, 6.45) is 1.11. The maximum atomic E-state index is 14.4. The van der Waals surface area contributed by atoms with Crippen molar-refractivity contribution in [3.63, 3.8) is 0 Å². The summed E-state index contributed by atoms with van der Waals surface area (Å²) in [6.45, 7) is 0.985. The van der Waals surface area contributed by atoms with Gasteiger partial charge < -0.3 is 20.1 Å². The Morgan fingerprint density at radius 2 is 1.97 bits per heavy atom. The molecule has 0 amide bonds. The summed E-state index contributed by atoms with van der Waals surface area (Å²) < 4.78 is 26.9. The molecule has 0 unspecified atom stereocenters. The number of nitrogens with two attached hydrogens (primary N) is 1. The number of anilines is 1. The largest absolute Gasteiger partial charge is 0.454 e. The van der Waals surface area contributed by atoms with Crippen LogP contribution in [-0.4, -0.2) is 51.9 Å². The van der Waals surface area contributed by atoms with Crippen LogP contribution in [0.15, 0.2) is 30.3 Å². The number of hydrogen-bond acceptors (Lipinski definition) is 7. The van der Waals surface area contributed by atoms with Gasteiger partial charge in [-0.1, -0.05) is 6.07 Å². The van der Waals surface area contributed by atoms with Crippen LogP contribution in [0.2, 0.25) is 0 Å². The van der Waals surface area contributed by atoms with Crippen molar-refractivity contribution >= 4 is 22.5 Å². The van der Waals surface area contributed by atoms with E-state index in [9.17, 15) is 4.39 Å². The maximum absolute atomic E-state index is 14.4. The van der Waals surface area contributed by atoms with Crippen molar-refractivity contribution in [1.29, 1.82) is 0 Å². The van der Waals surface area contributed by atoms with E-state index in [1.54, 1.807) is 4.52 Å². The molecule has 0 saturated carbocycles. The van der Waals surface area contributed by atoms with Crippen molar-refractivity contribution in [2.45, 2.75) is 12.8 Å². The molecular formula is C21H21FN6O2. The lowest BCUT2D eigenvalue weighted by Crippen LogP contribution is -2.15. The van der Waals surface area contributed by atoms with Crippen molar-refractivity contribution in [3.8, 4) is 11.5 Å². The lowest BCUT2D eigenvalue weighted by molar-refractivity contribution is 0.174. The van der Waals surface area contributed by atoms with Gasteiger partial charge in [-0.15, -0.1) is 5.10 Å². The van der Waals surface area contributed by atoms with Crippen LogP contribution in [0, 0.1) is 5.82 Å². The van der Waals surface area contributed by atoms with E-state index in [2.05, 4.69) is 10.1 Å². The number of likely N-dealkylation sites (N-methyl/N-ethyl adjacent to an activating group) is 1. The Labute approximate surface area is 172 Å². The molecule has 8 nitrogen and oxygen atoms in total. The van der Waals surface area contributed by atoms with E-state index in [-0.39, 0.29) is 18.6 Å². The molecule has 1 aliphatic rings. The number of aromatic nitrogens is 4. The van der Waals surface area contributed by atoms with E-state index in [0.29, 0.717) is 41.3 Å². The third-order valence-corrected chi connectivity index (χ3v) is 5.13. The Hall–Kier alpha value is -3.46. The topological polar surface area (TPSA) is 90.8 Å². The molecule has 0 radical (unpaired) electrons. The van der Waals surface area contributed by atoms with Gasteiger partial charge in [-0.3, -0.25) is 0 Å². The number of nitrogens with zero attached hydrogens (tertiary/aromatic N) is 5. The molecule has 5 rings (SSSR count). The van der Waals surface area contributed by atoms with Crippen LogP contribution in [0.1, 0.15) is 17.0 Å². The fraction of sp³-hybridized carbons (Fsp3) is 0.286. The third-order valence-electron chi connectivity index (χ3n) is 5.13. The Kier molecular flexibility index (Phi) is 4.39. The maximum Gasteiger partial charge on any atom is 0.240 e. The Balaban J connectivity index is 1.65. The molecule has 154 valence electrons. The van der Waals surface area contributed by atoms with Crippen LogP contribution in [0.5, 0.6) is 11.5 Å². The Bertz CT molecular complexity index is 1270. The fourth-order valence-electron chi connectivity index (χ4n) is 3.74. The van der Waals surface area contributed by atoms with Gasteiger partial charge in [0.1, 0.15) is 11.6 Å². The molecule has 0 bridgehead atoms. The molecule has 1 aliphatic heterocycles. The second-order valence-electron chi connectivity index (χ2n) is 7.61. The minimum atomic E-state index is -0.324. The summed E-state index contributed by atoms with van der Waals surface area (Å²) in [5, 5.41) is 5.13. The summed E-state index contributed by atoms with van der Waals surface area (Å²) in [4.78, 5) is 11.2. The molecule has 0 saturated heterocycles. The van der Waals surface area contributed by atoms with Gasteiger partial charge in [-0.25, -0.2) is 9.37 Å². The quantitative estimate of drug-likeness (QED) is 0.542. The highest BCUT2D eigenvalue weighted by Crippen LogP contribution is 2.33. The van der Waals surface area contributed by atoms with Crippen LogP contribution in [-0.2, 0) is 12.8 Å². The predicted molar refractivity (Wildman–Crippen MR) is 110 cm³/mol. The SMILES string of the molecule is CN(C)CCc1cc(F)cc2nc(Cc3ccc4c(c3)OCO4)n3nc(N)nc3c12. The molecule has 0 spiro atoms. The third kappa shape index (κ3) is 3.26. The van der Waals surface area contributed by atoms with Gasteiger partial charge in [-0.05, 0) is 49.8 Å². The van der Waals surface area contributed by atoms with Gasteiger partial charge in [0.15, 0.2) is 17.1 Å². The van der Waals surface area contributed by atoms with Crippen molar-refractivity contribution in [2.75, 3.05) is 33.2 Å². The lowest BCUT2D eigenvalue weighted by Gasteiger charge is -2.13. The summed E-state index contributed by atoms with van der Waals surface area (Å²) in [5.74, 6) is 1.85. The fourth-order valence-corrected chi connectivity index (χ4v) is 3.74. The van der Waals surface area contributed by atoms with Gasteiger partial charge in [0.25, 0.3) is 0 Å². The molecule has 2 aromatic carbocycles. The van der Waals surface area contributed by atoms with E-state index in [4.69, 9.17) is 20.2 Å². The molecule has 4 aromatic rings. The first-order valence-electron chi connectivity index (χ1n) is 9.64. The van der Waals surface area contributed by atoms with Crippen LogP contribution in [0.25, 0.3) is 16.6 Å². The average Bonchev–Trinajstić information content (AvgIpc) is 3.31. The zero-order valence-electron chi connectivity index (χ0n) is 16.7. The summed E-state index contributed by atoms with van der Waals surface area (Å²) in [6, 6.07) is 8.69. The Morgan fingerprint density at radius 1 is 1.13 bits per heavy atom. The standard InChI is InChI=1S/C21H21FN6O2/c1-27(2)6-5-13-9-14(22)10-15-19(13)20-25-21(23)26-28(20)18(24-15)8-12-3-4-16-17(7-12)30-11-29-16/h3-4,7,9-10H,5-6,8,11H2,1-2H3,(H2,23,26). The number of hydrogen-bond donors (Lipinski definition) is 1. The van der Waals surface area contributed by atoms with Crippen molar-refractivity contribution in [1.82, 2.24) is 24.5 Å². The van der Waals surface area contributed by atoms with Crippen LogP contribution in [0.4, 0.5) is 10.3 Å². The van der Waals surface area contributed by atoms with Gasteiger partial charge in [0, 0.05) is 24.4 Å². The van der Waals surface area contributed by atoms with E-state index in [0.717, 1.165) is 23.1 Å². The van der Waals surface area contributed by atoms with Gasteiger partial charge in [0.05, 0.1) is 5.52 Å². The number of nitrogen functional groups attached to an aromatic ring is 1. The summed E-state index contributed by atoms with van der Waals surface area (Å²) >= 11 is 0. The number of halogens is 1. The van der Waals surface area contributed by atoms with E-state index < -0.39 is 0 Å². The highest BCUT2D eigenvalue weighted by molar-refractivity contribution is 5.94. The Morgan fingerprint density at radius 3 is 2.80 bits per heavy atom. The van der Waals surface area contributed by atoms with Crippen molar-refractivity contribution in [3.05, 3.63) is 53.1 Å². The normalized spacial score (nSPS) is 13.1. The minimum absolute atomic E-state index is 0.152. The van der Waals surface area contributed by atoms with Gasteiger partial charge in [-0.2, -0.15) is 9.50 Å². The van der Waals surface area contributed by atoms with Gasteiger partial charge in [0.2, 0.25) is 12.7 Å². The van der Waals surface area contributed by atoms with Crippen LogP contribution >= 0.6 is 0 Å². The molecular weight excluding hydrogens is 387 g/mol. The minimum Gasteiger partial charge on any atom is -0.454 e. The average molecular weight is 408 g/mol. The molecule has 3 heterocycles. The molecule has 0 fully saturated rings. The number of rotatable bonds is 5. The first kappa shape index (κ1) is 18.6. The zero-order valence-corrected chi connectivity index (χ0v) is 16.7. The molecule has 2 aromatic heterocycles. The monoisotopic (exact) mass is 408 g/mol. The predicted octanol–water partition coefficient (Wildman–Crippen LogP) is 2.42. The van der Waals surface area contributed by atoms with Crippen LogP contribution in [0.3, 0.4) is 0 Å². The van der Waals surface area contributed by atoms with Crippen LogP contribution < -0.4 is 15.2 Å². The summed E-state index contributed by atoms with van der Waals surface area (Å²) in [5.41, 5.74) is 8.85. The second kappa shape index (κ2) is 7.10. The summed E-state index contributed by atoms with van der Waals surface area (Å²) in [7, 11) is 3.96. The highest BCUT2D eigenvalue weighted by Gasteiger charge is 2.19. The smallest absolute Gasteiger partial charge is 0.240 e. The van der Waals surface area contributed by atoms with E-state index >= 15 is 0 Å². The van der Waals surface area contributed by atoms with E-state index in [1.807, 2.05) is 37.2 Å². The first-order valence-corrected chi connectivity index (χ1v) is 9.64. The highest BCUT2D eigenvalue weighted by atomic mass is 19.1. The molecule has 2 N–H and O–H groups in total. The zero-order chi connectivity index (χ0) is 20.8. The second-order valence-corrected chi connectivity index (χ2v) is 7.61. The molecule has 9 heteroatoms.